The zero-order chi connectivity index (χ0) is 55.0. The molecule has 6 heterocycles. The number of amides is 2. The van der Waals surface area contributed by atoms with Crippen LogP contribution in [-0.2, 0) is 41.4 Å². The molecule has 79 heavy (non-hydrogen) atoms. The number of aromatic amines is 1. The number of carbonyl (C=O) groups is 3. The Kier molecular flexibility index (Phi) is 21.7. The first-order valence-corrected chi connectivity index (χ1v) is 26.5. The van der Waals surface area contributed by atoms with Crippen LogP contribution in [0.4, 0.5) is 17.8 Å². The van der Waals surface area contributed by atoms with Crippen LogP contribution in [0.2, 0.25) is 0 Å². The standard InChI is InChI=1S/C53H71N17O8.ClH/c1-4-25-76-27-29-78-30-28-77-26-16-56-51-58-52(67-21-17-65(18-22-67)49(74)45(14-15-47(72)73)69-35-44(62-64-69)48(55)36(3)5-2)60-53(59-51)68-23-19-66(20-24-68)50(75)46(33-39-32-38-8-6-7-9-42(38)57-39)70-34-43(61-63-70)41(54)31-37-10-12-40(71)13-11-37;/h1,6-13,32,34-36,41,45-46,48,57,71H,5,14-31,33,54-55H2,2-3H3,(H,72,73)(H,56,58,59,60);1H/p-1. The number of piperazine rings is 2. The lowest BCUT2D eigenvalue weighted by Crippen LogP contribution is -3.00. The number of carboxylic acid groups (broad SMARTS) is 1. The smallest absolute Gasteiger partial charge is 0.303 e. The lowest BCUT2D eigenvalue weighted by atomic mass is 9.98. The number of ether oxygens (including phenoxy) is 3. The molecule has 2 fully saturated rings. The summed E-state index contributed by atoms with van der Waals surface area (Å²) in [6.07, 6.45) is 10.0. The minimum Gasteiger partial charge on any atom is -1.00 e. The number of halogens is 1. The number of anilines is 3. The van der Waals surface area contributed by atoms with Gasteiger partial charge in [0, 0.05) is 83.0 Å². The summed E-state index contributed by atoms with van der Waals surface area (Å²) in [4.78, 5) is 66.4. The minimum absolute atomic E-state index is 0. The molecule has 25 nitrogen and oxygen atoms in total. The molecule has 2 amide bonds. The second-order valence-electron chi connectivity index (χ2n) is 19.5. The minimum atomic E-state index is -1.02. The molecule has 6 aromatic rings. The Morgan fingerprint density at radius 3 is 1.97 bits per heavy atom. The van der Waals surface area contributed by atoms with Gasteiger partial charge in [-0.05, 0) is 54.0 Å². The van der Waals surface area contributed by atoms with E-state index in [1.165, 1.54) is 4.68 Å². The van der Waals surface area contributed by atoms with Crippen LogP contribution in [0.15, 0.2) is 67.0 Å². The first-order valence-electron chi connectivity index (χ1n) is 26.5. The summed E-state index contributed by atoms with van der Waals surface area (Å²) in [7, 11) is 0. The number of H-pyrrole nitrogens is 1. The molecule has 0 aliphatic carbocycles. The van der Waals surface area contributed by atoms with E-state index in [1.807, 2.05) is 71.0 Å². The molecule has 424 valence electrons. The second-order valence-corrected chi connectivity index (χ2v) is 19.5. The Labute approximate surface area is 464 Å². The maximum absolute atomic E-state index is 14.8. The lowest BCUT2D eigenvalue weighted by molar-refractivity contribution is -0.139. The molecule has 2 aromatic carbocycles. The summed E-state index contributed by atoms with van der Waals surface area (Å²) in [5.41, 5.74) is 16.9. The fourth-order valence-electron chi connectivity index (χ4n) is 9.32. The fraction of sp³-hybridized carbons (Fsp3) is 0.509. The highest BCUT2D eigenvalue weighted by Crippen LogP contribution is 2.27. The van der Waals surface area contributed by atoms with Crippen molar-refractivity contribution in [3.8, 4) is 18.1 Å². The van der Waals surface area contributed by atoms with Gasteiger partial charge in [0.05, 0.1) is 68.9 Å². The van der Waals surface area contributed by atoms with Gasteiger partial charge >= 0.3 is 5.97 Å². The molecule has 8 N–H and O–H groups in total. The summed E-state index contributed by atoms with van der Waals surface area (Å²) in [6.45, 7) is 9.49. The molecule has 2 saturated heterocycles. The molecule has 0 saturated carbocycles. The molecule has 4 aromatic heterocycles. The van der Waals surface area contributed by atoms with E-state index in [4.69, 9.17) is 47.1 Å². The average Bonchev–Trinajstić information content (AvgIpc) is 4.30. The van der Waals surface area contributed by atoms with Gasteiger partial charge in [-0.3, -0.25) is 14.4 Å². The van der Waals surface area contributed by atoms with Gasteiger partial charge in [-0.2, -0.15) is 15.0 Å². The normalized spacial score (nSPS) is 15.7. The topological polar surface area (TPSA) is 312 Å². The van der Waals surface area contributed by atoms with E-state index in [0.29, 0.717) is 134 Å². The highest BCUT2D eigenvalue weighted by atomic mass is 35.5. The van der Waals surface area contributed by atoms with Gasteiger partial charge in [-0.1, -0.05) is 66.9 Å². The molecule has 2 aliphatic rings. The van der Waals surface area contributed by atoms with Crippen LogP contribution in [0.3, 0.4) is 0 Å². The van der Waals surface area contributed by atoms with E-state index in [-0.39, 0.29) is 61.4 Å². The number of benzene rings is 2. The third kappa shape index (κ3) is 16.1. The first-order chi connectivity index (χ1) is 37.9. The molecule has 0 radical (unpaired) electrons. The number of terminal acetylenes is 1. The number of nitrogens with two attached hydrogens (primary N) is 2. The summed E-state index contributed by atoms with van der Waals surface area (Å²) >= 11 is 0. The molecule has 5 unspecified atom stereocenters. The van der Waals surface area contributed by atoms with Crippen molar-refractivity contribution in [2.24, 2.45) is 17.4 Å². The van der Waals surface area contributed by atoms with Crippen LogP contribution in [0.1, 0.15) is 79.9 Å². The number of phenols is 1. The zero-order valence-corrected chi connectivity index (χ0v) is 45.4. The maximum atomic E-state index is 14.8. The summed E-state index contributed by atoms with van der Waals surface area (Å²) in [5, 5.41) is 41.1. The number of aromatic nitrogens is 10. The van der Waals surface area contributed by atoms with Crippen LogP contribution in [0, 0.1) is 18.3 Å². The van der Waals surface area contributed by atoms with Crippen LogP contribution < -0.4 is 39.0 Å². The molecule has 5 atom stereocenters. The number of nitrogens with one attached hydrogen (secondary N) is 2. The molecular formula is C53H71ClN17O8-. The lowest BCUT2D eigenvalue weighted by Gasteiger charge is -2.38. The Balaban J connectivity index is 0.00000903. The van der Waals surface area contributed by atoms with Crippen LogP contribution in [-0.4, -0.2) is 186 Å². The van der Waals surface area contributed by atoms with Gasteiger partial charge in [-0.15, -0.1) is 16.6 Å². The number of fused-ring (bicyclic) bond motifs is 1. The fourth-order valence-corrected chi connectivity index (χ4v) is 9.32. The van der Waals surface area contributed by atoms with Gasteiger partial charge < -0.3 is 78.2 Å². The number of phenolic OH excluding ortho intramolecular Hbond substituents is 1. The van der Waals surface area contributed by atoms with Crippen molar-refractivity contribution in [1.29, 1.82) is 0 Å². The van der Waals surface area contributed by atoms with Crippen LogP contribution in [0.5, 0.6) is 5.75 Å². The van der Waals surface area contributed by atoms with Crippen molar-refractivity contribution in [3.05, 3.63) is 89.6 Å². The van der Waals surface area contributed by atoms with Crippen molar-refractivity contribution >= 4 is 46.5 Å². The van der Waals surface area contributed by atoms with Crippen LogP contribution in [0.25, 0.3) is 10.9 Å². The maximum Gasteiger partial charge on any atom is 0.303 e. The molecule has 8 rings (SSSR count). The van der Waals surface area contributed by atoms with Gasteiger partial charge in [0.25, 0.3) is 0 Å². The number of carbonyl (C=O) groups excluding carboxylic acids is 2. The Morgan fingerprint density at radius 1 is 0.772 bits per heavy atom. The number of hydrogen-bond donors (Lipinski definition) is 6. The first kappa shape index (κ1) is 59.2. The number of carboxylic acids is 1. The highest BCUT2D eigenvalue weighted by molar-refractivity contribution is 5.83. The van der Waals surface area contributed by atoms with Crippen molar-refractivity contribution in [3.63, 3.8) is 0 Å². The Hall–Kier alpha value is -7.47. The monoisotopic (exact) mass is 1110 g/mol. The van der Waals surface area contributed by atoms with E-state index in [9.17, 15) is 24.6 Å². The quantitative estimate of drug-likeness (QED) is 0.0267. The van der Waals surface area contributed by atoms with E-state index in [0.717, 1.165) is 28.6 Å². The van der Waals surface area contributed by atoms with Gasteiger partial charge in [-0.25, -0.2) is 9.36 Å². The Bertz CT molecular complexity index is 2900. The van der Waals surface area contributed by atoms with Crippen molar-refractivity contribution < 1.29 is 51.2 Å². The van der Waals surface area contributed by atoms with Crippen molar-refractivity contribution in [2.75, 3.05) is 114 Å². The highest BCUT2D eigenvalue weighted by Gasteiger charge is 2.34. The van der Waals surface area contributed by atoms with Crippen molar-refractivity contribution in [2.45, 2.75) is 70.1 Å². The van der Waals surface area contributed by atoms with Crippen LogP contribution >= 0.6 is 0 Å². The number of nitrogens with zero attached hydrogens (tertiary/aromatic N) is 13. The number of rotatable bonds is 28. The van der Waals surface area contributed by atoms with E-state index < -0.39 is 24.1 Å². The summed E-state index contributed by atoms with van der Waals surface area (Å²) in [6, 6.07) is 14.3. The Morgan fingerprint density at radius 2 is 1.35 bits per heavy atom. The van der Waals surface area contributed by atoms with E-state index in [2.05, 4.69) is 36.8 Å². The largest absolute Gasteiger partial charge is 1.00 e. The number of hydrogen-bond acceptors (Lipinski definition) is 19. The predicted octanol–water partition coefficient (Wildman–Crippen LogP) is -0.484. The van der Waals surface area contributed by atoms with Gasteiger partial charge in [0.2, 0.25) is 29.7 Å². The second kappa shape index (κ2) is 28.9. The summed E-state index contributed by atoms with van der Waals surface area (Å²) < 4.78 is 19.6. The van der Waals surface area contributed by atoms with Gasteiger partial charge in [0.1, 0.15) is 24.4 Å². The molecule has 2 aliphatic heterocycles. The van der Waals surface area contributed by atoms with E-state index >= 15 is 0 Å². The SMILES string of the molecule is C#CCOCCOCCOCCNc1nc(N2CCN(C(=O)C(Cc3cc4ccccc4[nH]3)n3cc(C(N)Cc4ccc(O)cc4)nn3)CC2)nc(N2CCN(C(=O)C(CCC(=O)O)n3cc(C(N)C(C)CC)nn3)CC2)n1.[Cl-]. The third-order valence-electron chi connectivity index (χ3n) is 14.1. The molecule has 0 bridgehead atoms. The zero-order valence-electron chi connectivity index (χ0n) is 44.6. The number of para-hydroxylation sites is 1. The summed E-state index contributed by atoms with van der Waals surface area (Å²) in [5.74, 6) is 2.45. The van der Waals surface area contributed by atoms with E-state index in [1.54, 1.807) is 34.1 Å². The number of aliphatic carboxylic acids is 1. The van der Waals surface area contributed by atoms with Gasteiger partial charge in [0.15, 0.2) is 0 Å². The molecule has 0 spiro atoms. The molecular weight excluding hydrogens is 1040 g/mol. The van der Waals surface area contributed by atoms with Crippen molar-refractivity contribution in [1.82, 2.24) is 59.7 Å². The molecule has 26 heteroatoms. The predicted molar refractivity (Wildman–Crippen MR) is 289 cm³/mol. The third-order valence-corrected chi connectivity index (χ3v) is 14.1. The average molecular weight is 1110 g/mol. The number of aromatic hydroxyl groups is 1.